The molecule has 0 aliphatic heterocycles. The van der Waals surface area contributed by atoms with E-state index in [0.717, 1.165) is 0 Å². The minimum absolute atomic E-state index is 0.0517. The van der Waals surface area contributed by atoms with Gasteiger partial charge in [0.25, 0.3) is 0 Å². The molecule has 2 amide bonds. The summed E-state index contributed by atoms with van der Waals surface area (Å²) in [5.74, 6) is -0.993. The molecule has 0 aromatic rings. The molecule has 0 bridgehead atoms. The first kappa shape index (κ1) is 20.4. The molecular formula is C15H29N3O4. The lowest BCUT2D eigenvalue weighted by atomic mass is 10.1. The van der Waals surface area contributed by atoms with E-state index < -0.39 is 5.97 Å². The number of hydrogen-bond donors (Lipinski definition) is 2. The first-order chi connectivity index (χ1) is 9.82. The normalized spacial score (nSPS) is 12.0. The van der Waals surface area contributed by atoms with Gasteiger partial charge in [-0.15, -0.1) is 0 Å². The topological polar surface area (TPSA) is 87.7 Å². The van der Waals surface area contributed by atoms with Crippen LogP contribution in [0.25, 0.3) is 0 Å². The summed E-state index contributed by atoms with van der Waals surface area (Å²) in [6.45, 7) is 11.0. The van der Waals surface area contributed by atoms with Gasteiger partial charge >= 0.3 is 5.97 Å². The number of carbonyl (C=O) groups excluding carboxylic acids is 3. The molecule has 0 heterocycles. The average Bonchev–Trinajstić information content (AvgIpc) is 2.22. The smallest absolute Gasteiger partial charge is 0.319 e. The first-order valence-electron chi connectivity index (χ1n) is 7.23. The maximum atomic E-state index is 12.0. The number of amides is 2. The molecule has 0 rings (SSSR count). The van der Waals surface area contributed by atoms with Crippen LogP contribution in [0.2, 0.25) is 0 Å². The largest absolute Gasteiger partial charge is 0.468 e. The summed E-state index contributed by atoms with van der Waals surface area (Å²) in [6, 6.07) is 0. The highest BCUT2D eigenvalue weighted by atomic mass is 16.5. The van der Waals surface area contributed by atoms with Crippen molar-refractivity contribution in [2.75, 3.05) is 26.7 Å². The molecular weight excluding hydrogens is 286 g/mol. The summed E-state index contributed by atoms with van der Waals surface area (Å²) in [5.41, 5.74) is -0.747. The predicted octanol–water partition coefficient (Wildman–Crippen LogP) is 0.291. The summed E-state index contributed by atoms with van der Waals surface area (Å²) < 4.78 is 4.60. The van der Waals surface area contributed by atoms with Gasteiger partial charge in [-0.25, -0.2) is 0 Å². The van der Waals surface area contributed by atoms with Crippen molar-refractivity contribution in [3.05, 3.63) is 0 Å². The second kappa shape index (κ2) is 8.12. The van der Waals surface area contributed by atoms with Crippen LogP contribution in [0.5, 0.6) is 0 Å². The van der Waals surface area contributed by atoms with E-state index in [4.69, 9.17) is 0 Å². The summed E-state index contributed by atoms with van der Waals surface area (Å²) in [7, 11) is 1.27. The Bertz CT molecular complexity index is 378. The number of ether oxygens (including phenoxy) is 1. The van der Waals surface area contributed by atoms with Crippen molar-refractivity contribution in [3.8, 4) is 0 Å². The minimum atomic E-state index is -0.493. The number of hydrogen-bond acceptors (Lipinski definition) is 5. The molecule has 0 saturated carbocycles. The van der Waals surface area contributed by atoms with Crippen molar-refractivity contribution in [1.82, 2.24) is 15.5 Å². The third kappa shape index (κ3) is 11.1. The Morgan fingerprint density at radius 3 is 1.45 bits per heavy atom. The van der Waals surface area contributed by atoms with Gasteiger partial charge in [0.05, 0.1) is 26.7 Å². The Labute approximate surface area is 132 Å². The highest BCUT2D eigenvalue weighted by Gasteiger charge is 2.22. The monoisotopic (exact) mass is 315 g/mol. The first-order valence-corrected chi connectivity index (χ1v) is 7.23. The van der Waals surface area contributed by atoms with Gasteiger partial charge in [-0.2, -0.15) is 0 Å². The molecule has 0 fully saturated rings. The second-order valence-corrected chi connectivity index (χ2v) is 7.32. The van der Waals surface area contributed by atoms with Crippen LogP contribution < -0.4 is 10.6 Å². The molecule has 0 aromatic carbocycles. The molecule has 7 nitrogen and oxygen atoms in total. The third-order valence-corrected chi connectivity index (χ3v) is 2.34. The van der Waals surface area contributed by atoms with Gasteiger partial charge < -0.3 is 15.4 Å². The van der Waals surface area contributed by atoms with Crippen molar-refractivity contribution in [2.24, 2.45) is 0 Å². The van der Waals surface area contributed by atoms with Crippen LogP contribution in [0, 0.1) is 0 Å². The van der Waals surface area contributed by atoms with E-state index in [2.05, 4.69) is 15.4 Å². The van der Waals surface area contributed by atoms with Gasteiger partial charge in [0.2, 0.25) is 11.8 Å². The van der Waals surface area contributed by atoms with Crippen LogP contribution in [0.3, 0.4) is 0 Å². The second-order valence-electron chi connectivity index (χ2n) is 7.32. The number of methoxy groups -OCH3 is 1. The van der Waals surface area contributed by atoms with E-state index in [1.807, 2.05) is 41.5 Å². The minimum Gasteiger partial charge on any atom is -0.468 e. The lowest BCUT2D eigenvalue weighted by Gasteiger charge is -2.26. The number of nitrogens with zero attached hydrogens (tertiary/aromatic N) is 1. The van der Waals surface area contributed by atoms with Crippen LogP contribution >= 0.6 is 0 Å². The highest BCUT2D eigenvalue weighted by molar-refractivity contribution is 5.83. The quantitative estimate of drug-likeness (QED) is 0.688. The summed E-state index contributed by atoms with van der Waals surface area (Å²) in [6.07, 6.45) is 0. The van der Waals surface area contributed by atoms with Crippen molar-refractivity contribution in [1.29, 1.82) is 0 Å². The molecule has 2 N–H and O–H groups in total. The Balaban J connectivity index is 4.72. The zero-order valence-electron chi connectivity index (χ0n) is 14.7. The van der Waals surface area contributed by atoms with Crippen LogP contribution in [0.1, 0.15) is 41.5 Å². The number of rotatable bonds is 6. The van der Waals surface area contributed by atoms with E-state index in [1.54, 1.807) is 0 Å². The molecule has 128 valence electrons. The van der Waals surface area contributed by atoms with E-state index in [-0.39, 0.29) is 42.5 Å². The Morgan fingerprint density at radius 1 is 0.818 bits per heavy atom. The standard InChI is InChI=1S/C15H29N3O4/c1-14(2,3)16-11(19)8-18(10-13(21)22-7)9-12(20)17-15(4,5)6/h8-10H2,1-7H3,(H,16,19)(H,17,20). The fourth-order valence-corrected chi connectivity index (χ4v) is 1.74. The summed E-state index contributed by atoms with van der Waals surface area (Å²) >= 11 is 0. The number of esters is 1. The molecule has 22 heavy (non-hydrogen) atoms. The van der Waals surface area contributed by atoms with E-state index >= 15 is 0 Å². The predicted molar refractivity (Wildman–Crippen MR) is 84.2 cm³/mol. The van der Waals surface area contributed by atoms with Gasteiger partial charge in [-0.05, 0) is 41.5 Å². The summed E-state index contributed by atoms with van der Waals surface area (Å²) in [5, 5.41) is 5.60. The van der Waals surface area contributed by atoms with Crippen molar-refractivity contribution in [3.63, 3.8) is 0 Å². The molecule has 0 spiro atoms. The fraction of sp³-hybridized carbons (Fsp3) is 0.800. The SMILES string of the molecule is COC(=O)CN(CC(=O)NC(C)(C)C)CC(=O)NC(C)(C)C. The van der Waals surface area contributed by atoms with Gasteiger partial charge in [0.15, 0.2) is 0 Å². The highest BCUT2D eigenvalue weighted by Crippen LogP contribution is 2.01. The maximum Gasteiger partial charge on any atom is 0.319 e. The Kier molecular flexibility index (Phi) is 7.52. The molecule has 0 saturated heterocycles. The van der Waals surface area contributed by atoms with Crippen LogP contribution in [-0.2, 0) is 19.1 Å². The summed E-state index contributed by atoms with van der Waals surface area (Å²) in [4.78, 5) is 36.8. The molecule has 0 aromatic heterocycles. The molecule has 0 atom stereocenters. The van der Waals surface area contributed by atoms with Gasteiger partial charge in [-0.1, -0.05) is 0 Å². The Morgan fingerprint density at radius 2 is 1.18 bits per heavy atom. The van der Waals surface area contributed by atoms with Gasteiger partial charge in [0.1, 0.15) is 0 Å². The molecule has 0 radical (unpaired) electrons. The average molecular weight is 315 g/mol. The van der Waals surface area contributed by atoms with Crippen molar-refractivity contribution in [2.45, 2.75) is 52.6 Å². The Hall–Kier alpha value is -1.63. The van der Waals surface area contributed by atoms with Gasteiger partial charge in [0, 0.05) is 11.1 Å². The third-order valence-electron chi connectivity index (χ3n) is 2.34. The number of nitrogens with one attached hydrogen (secondary N) is 2. The molecule has 0 unspecified atom stereocenters. The van der Waals surface area contributed by atoms with Crippen LogP contribution in [0.4, 0.5) is 0 Å². The van der Waals surface area contributed by atoms with Gasteiger partial charge in [-0.3, -0.25) is 19.3 Å². The van der Waals surface area contributed by atoms with Crippen molar-refractivity contribution < 1.29 is 19.1 Å². The molecule has 7 heteroatoms. The maximum absolute atomic E-state index is 12.0. The van der Waals surface area contributed by atoms with E-state index in [0.29, 0.717) is 0 Å². The van der Waals surface area contributed by atoms with Crippen LogP contribution in [0.15, 0.2) is 0 Å². The molecule has 0 aliphatic carbocycles. The zero-order valence-corrected chi connectivity index (χ0v) is 14.7. The van der Waals surface area contributed by atoms with Crippen LogP contribution in [-0.4, -0.2) is 60.5 Å². The van der Waals surface area contributed by atoms with Crippen molar-refractivity contribution >= 4 is 17.8 Å². The lowest BCUT2D eigenvalue weighted by molar-refractivity contribution is -0.142. The van der Waals surface area contributed by atoms with E-state index in [9.17, 15) is 14.4 Å². The lowest BCUT2D eigenvalue weighted by Crippen LogP contribution is -2.51. The fourth-order valence-electron chi connectivity index (χ4n) is 1.74. The molecule has 0 aliphatic rings. The zero-order chi connectivity index (χ0) is 17.6. The number of carbonyl (C=O) groups is 3. The van der Waals surface area contributed by atoms with E-state index in [1.165, 1.54) is 12.0 Å².